The minimum Gasteiger partial charge on any atom is -0.399 e. The molecule has 0 radical (unpaired) electrons. The maximum atomic E-state index is 12.0. The van der Waals surface area contributed by atoms with E-state index in [9.17, 15) is 4.79 Å². The molecule has 0 atom stereocenters. The molecule has 16 heavy (non-hydrogen) atoms. The van der Waals surface area contributed by atoms with Gasteiger partial charge in [-0.1, -0.05) is 15.9 Å². The Morgan fingerprint density at radius 2 is 2.19 bits per heavy atom. The van der Waals surface area contributed by atoms with Crippen LogP contribution in [0, 0.1) is 0 Å². The zero-order valence-corrected chi connectivity index (χ0v) is 10.4. The van der Waals surface area contributed by atoms with Crippen molar-refractivity contribution in [1.82, 2.24) is 5.06 Å². The summed E-state index contributed by atoms with van der Waals surface area (Å²) in [5.74, 6) is -0.132. The summed E-state index contributed by atoms with van der Waals surface area (Å²) in [6.07, 6.45) is 1.99. The number of amides is 1. The highest BCUT2D eigenvalue weighted by atomic mass is 79.9. The second-order valence-electron chi connectivity index (χ2n) is 3.72. The van der Waals surface area contributed by atoms with Crippen LogP contribution in [-0.4, -0.2) is 24.1 Å². The predicted molar refractivity (Wildman–Crippen MR) is 64.8 cm³/mol. The first kappa shape index (κ1) is 11.4. The largest absolute Gasteiger partial charge is 0.399 e. The number of nitrogen functional groups attached to an aromatic ring is 1. The smallest absolute Gasteiger partial charge is 0.277 e. The molecule has 0 saturated carbocycles. The van der Waals surface area contributed by atoms with Gasteiger partial charge in [0.2, 0.25) is 0 Å². The van der Waals surface area contributed by atoms with Gasteiger partial charge in [-0.3, -0.25) is 9.63 Å². The van der Waals surface area contributed by atoms with Crippen LogP contribution < -0.4 is 5.73 Å². The summed E-state index contributed by atoms with van der Waals surface area (Å²) < 4.78 is 0.799. The first-order chi connectivity index (χ1) is 7.66. The van der Waals surface area contributed by atoms with Gasteiger partial charge in [-0.15, -0.1) is 0 Å². The average Bonchev–Trinajstić information content (AvgIpc) is 2.28. The van der Waals surface area contributed by atoms with E-state index in [1.165, 1.54) is 5.06 Å². The Hall–Kier alpha value is -1.07. The van der Waals surface area contributed by atoms with E-state index in [2.05, 4.69) is 15.9 Å². The van der Waals surface area contributed by atoms with E-state index in [-0.39, 0.29) is 5.91 Å². The number of carbonyl (C=O) groups is 1. The molecule has 1 aromatic rings. The van der Waals surface area contributed by atoms with E-state index in [1.54, 1.807) is 18.2 Å². The molecule has 1 saturated heterocycles. The number of anilines is 1. The van der Waals surface area contributed by atoms with Crippen molar-refractivity contribution in [3.8, 4) is 0 Å². The van der Waals surface area contributed by atoms with Crippen LogP contribution in [-0.2, 0) is 4.84 Å². The van der Waals surface area contributed by atoms with Crippen LogP contribution in [0.4, 0.5) is 5.69 Å². The van der Waals surface area contributed by atoms with Gasteiger partial charge >= 0.3 is 0 Å². The number of hydrogen-bond acceptors (Lipinski definition) is 3. The molecule has 0 unspecified atom stereocenters. The molecular formula is C11H13BrN2O2. The number of nitrogens with zero attached hydrogens (tertiary/aromatic N) is 1. The zero-order chi connectivity index (χ0) is 11.5. The molecule has 0 spiro atoms. The van der Waals surface area contributed by atoms with Crippen LogP contribution in [0.5, 0.6) is 0 Å². The second kappa shape index (κ2) is 4.84. The van der Waals surface area contributed by atoms with Gasteiger partial charge in [0.05, 0.1) is 6.61 Å². The molecule has 4 nitrogen and oxygen atoms in total. The fourth-order valence-corrected chi connectivity index (χ4v) is 2.15. The molecule has 1 aliphatic rings. The summed E-state index contributed by atoms with van der Waals surface area (Å²) in [5.41, 5.74) is 6.80. The summed E-state index contributed by atoms with van der Waals surface area (Å²) in [5, 5.41) is 1.41. The normalized spacial score (nSPS) is 16.2. The molecule has 2 rings (SSSR count). The SMILES string of the molecule is Nc1cc(Br)cc(C(=O)N2CCCCO2)c1. The van der Waals surface area contributed by atoms with Crippen molar-refractivity contribution >= 4 is 27.5 Å². The van der Waals surface area contributed by atoms with Gasteiger partial charge in [-0.05, 0) is 31.0 Å². The maximum Gasteiger partial charge on any atom is 0.277 e. The first-order valence-corrected chi connectivity index (χ1v) is 5.97. The Labute approximate surface area is 102 Å². The molecule has 1 heterocycles. The molecular weight excluding hydrogens is 272 g/mol. The minimum absolute atomic E-state index is 0.132. The van der Waals surface area contributed by atoms with Gasteiger partial charge in [0.15, 0.2) is 0 Å². The number of nitrogens with two attached hydrogens (primary N) is 1. The van der Waals surface area contributed by atoms with E-state index < -0.39 is 0 Å². The molecule has 0 aliphatic carbocycles. The van der Waals surface area contributed by atoms with Crippen molar-refractivity contribution in [2.24, 2.45) is 0 Å². The number of halogens is 1. The molecule has 2 N–H and O–H groups in total. The van der Waals surface area contributed by atoms with Crippen LogP contribution in [0.15, 0.2) is 22.7 Å². The Morgan fingerprint density at radius 3 is 2.81 bits per heavy atom. The molecule has 1 amide bonds. The van der Waals surface area contributed by atoms with Gasteiger partial charge in [0.1, 0.15) is 0 Å². The van der Waals surface area contributed by atoms with Gasteiger partial charge in [-0.25, -0.2) is 5.06 Å². The van der Waals surface area contributed by atoms with E-state index in [1.807, 2.05) is 0 Å². The van der Waals surface area contributed by atoms with Crippen molar-refractivity contribution in [2.75, 3.05) is 18.9 Å². The number of carbonyl (C=O) groups excluding carboxylic acids is 1. The Bertz CT molecular complexity index is 383. The van der Waals surface area contributed by atoms with E-state index in [0.29, 0.717) is 24.4 Å². The summed E-state index contributed by atoms with van der Waals surface area (Å²) in [4.78, 5) is 17.3. The van der Waals surface area contributed by atoms with Crippen molar-refractivity contribution in [3.05, 3.63) is 28.2 Å². The van der Waals surface area contributed by atoms with Crippen LogP contribution in [0.1, 0.15) is 23.2 Å². The quantitative estimate of drug-likeness (QED) is 0.805. The lowest BCUT2D eigenvalue weighted by Gasteiger charge is -2.25. The Morgan fingerprint density at radius 1 is 1.38 bits per heavy atom. The minimum atomic E-state index is -0.132. The third-order valence-electron chi connectivity index (χ3n) is 2.40. The van der Waals surface area contributed by atoms with Gasteiger partial charge in [0, 0.05) is 22.3 Å². The van der Waals surface area contributed by atoms with E-state index in [4.69, 9.17) is 10.6 Å². The van der Waals surface area contributed by atoms with Crippen LogP contribution in [0.25, 0.3) is 0 Å². The number of hydroxylamine groups is 2. The third-order valence-corrected chi connectivity index (χ3v) is 2.85. The summed E-state index contributed by atoms with van der Waals surface area (Å²) in [7, 11) is 0. The molecule has 86 valence electrons. The van der Waals surface area contributed by atoms with Crippen LogP contribution in [0.2, 0.25) is 0 Å². The maximum absolute atomic E-state index is 12.0. The summed E-state index contributed by atoms with van der Waals surface area (Å²) in [6.45, 7) is 1.25. The van der Waals surface area contributed by atoms with Crippen molar-refractivity contribution in [1.29, 1.82) is 0 Å². The average molecular weight is 285 g/mol. The highest BCUT2D eigenvalue weighted by Crippen LogP contribution is 2.19. The van der Waals surface area contributed by atoms with Crippen molar-refractivity contribution < 1.29 is 9.63 Å². The molecule has 5 heteroatoms. The van der Waals surface area contributed by atoms with Crippen LogP contribution >= 0.6 is 15.9 Å². The molecule has 1 aliphatic heterocycles. The molecule has 1 fully saturated rings. The lowest BCUT2D eigenvalue weighted by atomic mass is 10.2. The fraction of sp³-hybridized carbons (Fsp3) is 0.364. The third kappa shape index (κ3) is 2.54. The van der Waals surface area contributed by atoms with Gasteiger partial charge in [-0.2, -0.15) is 0 Å². The standard InChI is InChI=1S/C11H13BrN2O2/c12-9-5-8(6-10(13)7-9)11(15)14-3-1-2-4-16-14/h5-7H,1-4,13H2. The fourth-order valence-electron chi connectivity index (χ4n) is 1.64. The zero-order valence-electron chi connectivity index (χ0n) is 8.78. The summed E-state index contributed by atoms with van der Waals surface area (Å²) in [6, 6.07) is 5.16. The lowest BCUT2D eigenvalue weighted by Crippen LogP contribution is -2.35. The lowest BCUT2D eigenvalue weighted by molar-refractivity contribution is -0.144. The topological polar surface area (TPSA) is 55.6 Å². The van der Waals surface area contributed by atoms with Crippen molar-refractivity contribution in [3.63, 3.8) is 0 Å². The van der Waals surface area contributed by atoms with Crippen LogP contribution in [0.3, 0.4) is 0 Å². The first-order valence-electron chi connectivity index (χ1n) is 5.17. The number of benzene rings is 1. The second-order valence-corrected chi connectivity index (χ2v) is 4.64. The number of hydrogen-bond donors (Lipinski definition) is 1. The highest BCUT2D eigenvalue weighted by molar-refractivity contribution is 9.10. The van der Waals surface area contributed by atoms with E-state index >= 15 is 0 Å². The Balaban J connectivity index is 2.19. The molecule has 0 bridgehead atoms. The van der Waals surface area contributed by atoms with Crippen molar-refractivity contribution in [2.45, 2.75) is 12.8 Å². The van der Waals surface area contributed by atoms with Gasteiger partial charge in [0.25, 0.3) is 5.91 Å². The van der Waals surface area contributed by atoms with Gasteiger partial charge < -0.3 is 5.73 Å². The Kier molecular flexibility index (Phi) is 3.46. The van der Waals surface area contributed by atoms with E-state index in [0.717, 1.165) is 17.3 Å². The monoisotopic (exact) mass is 284 g/mol. The summed E-state index contributed by atoms with van der Waals surface area (Å²) >= 11 is 3.31. The number of rotatable bonds is 1. The highest BCUT2D eigenvalue weighted by Gasteiger charge is 2.19. The molecule has 0 aromatic heterocycles. The predicted octanol–water partition coefficient (Wildman–Crippen LogP) is 2.20. The molecule has 1 aromatic carbocycles.